The summed E-state index contributed by atoms with van der Waals surface area (Å²) in [5.74, 6) is 0. The monoisotopic (exact) mass is 246 g/mol. The normalized spacial score (nSPS) is 10.6. The Morgan fingerprint density at radius 1 is 1.28 bits per heavy atom. The van der Waals surface area contributed by atoms with Crippen LogP contribution in [-0.4, -0.2) is 27.4 Å². The minimum absolute atomic E-state index is 0.0971. The second-order valence-electron chi connectivity index (χ2n) is 3.92. The van der Waals surface area contributed by atoms with Crippen molar-refractivity contribution in [1.82, 2.24) is 9.36 Å². The summed E-state index contributed by atoms with van der Waals surface area (Å²) in [7, 11) is 0. The highest BCUT2D eigenvalue weighted by atomic mass is 16.3. The van der Waals surface area contributed by atoms with Crippen molar-refractivity contribution < 1.29 is 9.90 Å². The molecule has 0 radical (unpaired) electrons. The first-order chi connectivity index (χ1) is 8.70. The average molecular weight is 246 g/mol. The molecule has 0 unspecified atom stereocenters. The van der Waals surface area contributed by atoms with Crippen LogP contribution in [0.15, 0.2) is 35.1 Å². The predicted octanol–water partition coefficient (Wildman–Crippen LogP) is 0.752. The maximum Gasteiger partial charge on any atom is 0.282 e. The van der Waals surface area contributed by atoms with Gasteiger partial charge in [0.05, 0.1) is 18.8 Å². The minimum Gasteiger partial charge on any atom is -0.394 e. The lowest BCUT2D eigenvalue weighted by molar-refractivity contribution is 0.112. The van der Waals surface area contributed by atoms with Gasteiger partial charge in [-0.1, -0.05) is 18.2 Å². The van der Waals surface area contributed by atoms with E-state index in [9.17, 15) is 9.59 Å². The summed E-state index contributed by atoms with van der Waals surface area (Å²) in [4.78, 5) is 23.1. The molecule has 0 bridgehead atoms. The molecule has 18 heavy (non-hydrogen) atoms. The number of benzene rings is 1. The number of hydrogen-bond acceptors (Lipinski definition) is 3. The van der Waals surface area contributed by atoms with Gasteiger partial charge >= 0.3 is 0 Å². The van der Waals surface area contributed by atoms with Gasteiger partial charge < -0.3 is 5.11 Å². The molecule has 1 aromatic carbocycles. The molecule has 0 spiro atoms. The number of aromatic nitrogens is 2. The molecule has 5 nitrogen and oxygen atoms in total. The van der Waals surface area contributed by atoms with Crippen LogP contribution in [0.3, 0.4) is 0 Å². The van der Waals surface area contributed by atoms with E-state index in [4.69, 9.17) is 5.11 Å². The summed E-state index contributed by atoms with van der Waals surface area (Å²) >= 11 is 0. The number of aliphatic hydroxyl groups is 1. The van der Waals surface area contributed by atoms with E-state index in [2.05, 4.69) is 0 Å². The summed E-state index contributed by atoms with van der Waals surface area (Å²) in [6, 6.07) is 9.04. The van der Waals surface area contributed by atoms with Crippen molar-refractivity contribution in [3.8, 4) is 5.69 Å². The SMILES string of the molecule is Cc1c(C=O)c(=O)n(-c2ccccc2)n1CCO. The van der Waals surface area contributed by atoms with Crippen molar-refractivity contribution in [3.05, 3.63) is 51.9 Å². The van der Waals surface area contributed by atoms with Crippen LogP contribution in [0.2, 0.25) is 0 Å². The lowest BCUT2D eigenvalue weighted by Crippen LogP contribution is -2.23. The van der Waals surface area contributed by atoms with Gasteiger partial charge in [-0.3, -0.25) is 14.3 Å². The molecular formula is C13H14N2O3. The molecule has 5 heteroatoms. The molecule has 1 N–H and O–H groups in total. The molecule has 0 aliphatic rings. The van der Waals surface area contributed by atoms with E-state index in [1.807, 2.05) is 18.2 Å². The first-order valence-electron chi connectivity index (χ1n) is 5.64. The third-order valence-corrected chi connectivity index (χ3v) is 2.87. The summed E-state index contributed by atoms with van der Waals surface area (Å²) in [5, 5.41) is 9.06. The van der Waals surface area contributed by atoms with E-state index < -0.39 is 0 Å². The maximum atomic E-state index is 12.1. The van der Waals surface area contributed by atoms with Crippen LogP contribution in [0.4, 0.5) is 0 Å². The molecule has 1 heterocycles. The Labute approximate surface area is 104 Å². The molecule has 0 aliphatic carbocycles. The third kappa shape index (κ3) is 1.89. The van der Waals surface area contributed by atoms with Crippen LogP contribution in [0.25, 0.3) is 5.69 Å². The standard InChI is InChI=1S/C13H14N2O3/c1-10-12(9-17)13(18)15(14(10)7-8-16)11-5-3-2-4-6-11/h2-6,9,16H,7-8H2,1H3. The Balaban J connectivity index is 2.73. The van der Waals surface area contributed by atoms with E-state index >= 15 is 0 Å². The van der Waals surface area contributed by atoms with Gasteiger partial charge in [0.1, 0.15) is 5.56 Å². The van der Waals surface area contributed by atoms with Crippen LogP contribution < -0.4 is 5.56 Å². The number of carbonyl (C=O) groups excluding carboxylic acids is 1. The zero-order valence-electron chi connectivity index (χ0n) is 10.0. The van der Waals surface area contributed by atoms with Crippen LogP contribution in [-0.2, 0) is 6.54 Å². The van der Waals surface area contributed by atoms with E-state index in [0.29, 0.717) is 17.7 Å². The second kappa shape index (κ2) is 5.01. The topological polar surface area (TPSA) is 64.2 Å². The Morgan fingerprint density at radius 2 is 1.94 bits per heavy atom. The number of aldehydes is 1. The summed E-state index contributed by atoms with van der Waals surface area (Å²) in [6.07, 6.45) is 0.560. The van der Waals surface area contributed by atoms with Gasteiger partial charge in [0, 0.05) is 5.69 Å². The number of rotatable bonds is 4. The Bertz CT molecular complexity index is 611. The van der Waals surface area contributed by atoms with E-state index in [-0.39, 0.29) is 24.3 Å². The molecule has 0 fully saturated rings. The average Bonchev–Trinajstić information content (AvgIpc) is 2.62. The van der Waals surface area contributed by atoms with E-state index in [0.717, 1.165) is 0 Å². The molecule has 1 aromatic heterocycles. The summed E-state index contributed by atoms with van der Waals surface area (Å²) < 4.78 is 3.02. The quantitative estimate of drug-likeness (QED) is 0.810. The Hall–Kier alpha value is -2.14. The zero-order chi connectivity index (χ0) is 13.1. The van der Waals surface area contributed by atoms with Crippen LogP contribution in [0, 0.1) is 6.92 Å². The number of aliphatic hydroxyl groups excluding tert-OH is 1. The van der Waals surface area contributed by atoms with Crippen molar-refractivity contribution in [1.29, 1.82) is 0 Å². The molecule has 0 amide bonds. The van der Waals surface area contributed by atoms with Crippen molar-refractivity contribution in [2.75, 3.05) is 6.61 Å². The molecular weight excluding hydrogens is 232 g/mol. The highest BCUT2D eigenvalue weighted by Crippen LogP contribution is 2.10. The fraction of sp³-hybridized carbons (Fsp3) is 0.231. The lowest BCUT2D eigenvalue weighted by Gasteiger charge is -2.11. The smallest absolute Gasteiger partial charge is 0.282 e. The van der Waals surface area contributed by atoms with Crippen molar-refractivity contribution in [2.24, 2.45) is 0 Å². The summed E-state index contributed by atoms with van der Waals surface area (Å²) in [6.45, 7) is 1.87. The second-order valence-corrected chi connectivity index (χ2v) is 3.92. The van der Waals surface area contributed by atoms with Crippen LogP contribution in [0.1, 0.15) is 16.1 Å². The largest absolute Gasteiger partial charge is 0.394 e. The van der Waals surface area contributed by atoms with Gasteiger partial charge in [0.25, 0.3) is 5.56 Å². The first kappa shape index (κ1) is 12.3. The molecule has 0 aliphatic heterocycles. The Morgan fingerprint density at radius 3 is 2.50 bits per heavy atom. The van der Waals surface area contributed by atoms with Gasteiger partial charge in [0.15, 0.2) is 6.29 Å². The first-order valence-corrected chi connectivity index (χ1v) is 5.64. The van der Waals surface area contributed by atoms with Gasteiger partial charge in [-0.2, -0.15) is 0 Å². The van der Waals surface area contributed by atoms with Crippen molar-refractivity contribution in [2.45, 2.75) is 13.5 Å². The maximum absolute atomic E-state index is 12.1. The minimum atomic E-state index is -0.359. The van der Waals surface area contributed by atoms with Crippen molar-refractivity contribution in [3.63, 3.8) is 0 Å². The molecule has 2 rings (SSSR count). The third-order valence-electron chi connectivity index (χ3n) is 2.87. The fourth-order valence-corrected chi connectivity index (χ4v) is 1.99. The number of carbonyl (C=O) groups is 1. The Kier molecular flexibility index (Phi) is 3.43. The molecule has 0 saturated heterocycles. The molecule has 2 aromatic rings. The highest BCUT2D eigenvalue weighted by Gasteiger charge is 2.16. The molecule has 0 saturated carbocycles. The van der Waals surface area contributed by atoms with Crippen molar-refractivity contribution >= 4 is 6.29 Å². The lowest BCUT2D eigenvalue weighted by atomic mass is 10.3. The van der Waals surface area contributed by atoms with Gasteiger partial charge in [-0.05, 0) is 19.1 Å². The van der Waals surface area contributed by atoms with Gasteiger partial charge in [-0.25, -0.2) is 4.68 Å². The molecule has 0 atom stereocenters. The number of para-hydroxylation sites is 1. The number of hydrogen-bond donors (Lipinski definition) is 1. The predicted molar refractivity (Wildman–Crippen MR) is 67.2 cm³/mol. The zero-order valence-corrected chi connectivity index (χ0v) is 10.0. The van der Waals surface area contributed by atoms with Gasteiger partial charge in [0.2, 0.25) is 0 Å². The van der Waals surface area contributed by atoms with Crippen LogP contribution >= 0.6 is 0 Å². The van der Waals surface area contributed by atoms with E-state index in [1.54, 1.807) is 23.7 Å². The molecule has 94 valence electrons. The summed E-state index contributed by atoms with van der Waals surface area (Å²) in [5.41, 5.74) is 1.01. The highest BCUT2D eigenvalue weighted by molar-refractivity contribution is 5.76. The number of nitrogens with zero attached hydrogens (tertiary/aromatic N) is 2. The van der Waals surface area contributed by atoms with E-state index in [1.165, 1.54) is 4.68 Å². The fourth-order valence-electron chi connectivity index (χ4n) is 1.99. The van der Waals surface area contributed by atoms with Gasteiger partial charge in [-0.15, -0.1) is 0 Å². The van der Waals surface area contributed by atoms with Crippen LogP contribution in [0.5, 0.6) is 0 Å².